The van der Waals surface area contributed by atoms with E-state index in [1.54, 1.807) is 5.32 Å². The van der Waals surface area contributed by atoms with Crippen LogP contribution in [-0.4, -0.2) is 12.7 Å². The lowest BCUT2D eigenvalue weighted by atomic mass is 10.1. The van der Waals surface area contributed by atoms with Crippen molar-refractivity contribution in [1.29, 1.82) is 0 Å². The molecule has 0 saturated carbocycles. The zero-order valence-corrected chi connectivity index (χ0v) is 10.0. The number of benzene rings is 1. The molecule has 0 aliphatic heterocycles. The van der Waals surface area contributed by atoms with Crippen LogP contribution in [0.4, 0.5) is 36.8 Å². The second-order valence-electron chi connectivity index (χ2n) is 3.60. The highest BCUT2D eigenvalue weighted by Gasteiger charge is 2.37. The van der Waals surface area contributed by atoms with Crippen LogP contribution in [0, 0.1) is 0 Å². The fraction of sp³-hybridized carbons (Fsp3) is 0.364. The number of hydrogen-bond acceptors (Lipinski definition) is 2. The van der Waals surface area contributed by atoms with E-state index in [0.29, 0.717) is 6.07 Å². The average Bonchev–Trinajstić information content (AvgIpc) is 2.26. The normalized spacial score (nSPS) is 12.2. The van der Waals surface area contributed by atoms with Crippen molar-refractivity contribution in [2.75, 3.05) is 11.9 Å². The molecule has 0 atom stereocenters. The van der Waals surface area contributed by atoms with Crippen molar-refractivity contribution in [1.82, 2.24) is 0 Å². The second-order valence-corrected chi connectivity index (χ2v) is 3.60. The molecule has 0 heterocycles. The lowest BCUT2D eigenvalue weighted by molar-refractivity contribution is -0.140. The molecule has 9 heteroatoms. The number of nitrogens with one attached hydrogen (secondary N) is 1. The standard InChI is InChI=1S/C11H9F6NO2/c1-2-20-9(19)18-8-5-6(10(12,13)14)3-4-7(8)11(15,16)17/h3-5H,2H2,1H3,(H,18,19). The summed E-state index contributed by atoms with van der Waals surface area (Å²) in [4.78, 5) is 11.1. The van der Waals surface area contributed by atoms with Crippen molar-refractivity contribution in [3.8, 4) is 0 Å². The molecule has 0 saturated heterocycles. The van der Waals surface area contributed by atoms with Crippen LogP contribution in [-0.2, 0) is 17.1 Å². The summed E-state index contributed by atoms with van der Waals surface area (Å²) in [7, 11) is 0. The maximum Gasteiger partial charge on any atom is 0.418 e. The van der Waals surface area contributed by atoms with Gasteiger partial charge in [-0.05, 0) is 25.1 Å². The number of halogens is 6. The molecule has 1 amide bonds. The predicted molar refractivity (Wildman–Crippen MR) is 57.1 cm³/mol. The highest BCUT2D eigenvalue weighted by atomic mass is 19.4. The Balaban J connectivity index is 3.24. The summed E-state index contributed by atoms with van der Waals surface area (Å²) >= 11 is 0. The number of alkyl halides is 6. The molecule has 0 aliphatic carbocycles. The minimum absolute atomic E-state index is 0.133. The van der Waals surface area contributed by atoms with E-state index in [1.807, 2.05) is 0 Å². The van der Waals surface area contributed by atoms with Gasteiger partial charge in [-0.2, -0.15) is 26.3 Å². The third-order valence-corrected chi connectivity index (χ3v) is 2.16. The maximum absolute atomic E-state index is 12.6. The summed E-state index contributed by atoms with van der Waals surface area (Å²) in [6, 6.07) is 0.753. The molecule has 0 fully saturated rings. The Morgan fingerprint density at radius 3 is 2.20 bits per heavy atom. The van der Waals surface area contributed by atoms with Crippen LogP contribution in [0.1, 0.15) is 18.1 Å². The van der Waals surface area contributed by atoms with Gasteiger partial charge in [0.1, 0.15) is 0 Å². The van der Waals surface area contributed by atoms with Gasteiger partial charge in [0.15, 0.2) is 0 Å². The van der Waals surface area contributed by atoms with Crippen molar-refractivity contribution in [3.63, 3.8) is 0 Å². The minimum Gasteiger partial charge on any atom is -0.450 e. The molecule has 0 spiro atoms. The molecule has 3 nitrogen and oxygen atoms in total. The fourth-order valence-electron chi connectivity index (χ4n) is 1.35. The van der Waals surface area contributed by atoms with Gasteiger partial charge in [-0.15, -0.1) is 0 Å². The number of hydrogen-bond donors (Lipinski definition) is 1. The van der Waals surface area contributed by atoms with Gasteiger partial charge in [-0.1, -0.05) is 0 Å². The molecular weight excluding hydrogens is 292 g/mol. The number of anilines is 1. The molecule has 112 valence electrons. The van der Waals surface area contributed by atoms with E-state index in [-0.39, 0.29) is 18.7 Å². The van der Waals surface area contributed by atoms with Gasteiger partial charge in [-0.25, -0.2) is 4.79 Å². The van der Waals surface area contributed by atoms with Crippen LogP contribution in [0.2, 0.25) is 0 Å². The molecule has 1 aromatic rings. The molecule has 0 aliphatic rings. The molecule has 1 N–H and O–H groups in total. The average molecular weight is 301 g/mol. The van der Waals surface area contributed by atoms with E-state index in [2.05, 4.69) is 4.74 Å². The minimum atomic E-state index is -4.90. The number of carbonyl (C=O) groups is 1. The van der Waals surface area contributed by atoms with Crippen LogP contribution in [0.25, 0.3) is 0 Å². The van der Waals surface area contributed by atoms with E-state index in [0.717, 1.165) is 0 Å². The maximum atomic E-state index is 12.6. The van der Waals surface area contributed by atoms with E-state index in [1.165, 1.54) is 6.92 Å². The fourth-order valence-corrected chi connectivity index (χ4v) is 1.35. The first-order valence-corrected chi connectivity index (χ1v) is 5.28. The molecule has 0 radical (unpaired) electrons. The highest BCUT2D eigenvalue weighted by molar-refractivity contribution is 5.86. The molecule has 20 heavy (non-hydrogen) atoms. The third-order valence-electron chi connectivity index (χ3n) is 2.16. The topological polar surface area (TPSA) is 38.3 Å². The van der Waals surface area contributed by atoms with Crippen molar-refractivity contribution < 1.29 is 35.9 Å². The summed E-state index contributed by atoms with van der Waals surface area (Å²) in [5, 5.41) is 1.65. The van der Waals surface area contributed by atoms with Crippen LogP contribution in [0.3, 0.4) is 0 Å². The first-order valence-electron chi connectivity index (χ1n) is 5.28. The summed E-state index contributed by atoms with van der Waals surface area (Å²) in [6.45, 7) is 1.27. The SMILES string of the molecule is CCOC(=O)Nc1cc(C(F)(F)F)ccc1C(F)(F)F. The van der Waals surface area contributed by atoms with Gasteiger partial charge >= 0.3 is 18.4 Å². The van der Waals surface area contributed by atoms with Gasteiger partial charge in [0.25, 0.3) is 0 Å². The van der Waals surface area contributed by atoms with Crippen LogP contribution in [0.5, 0.6) is 0 Å². The van der Waals surface area contributed by atoms with Crippen molar-refractivity contribution in [2.24, 2.45) is 0 Å². The van der Waals surface area contributed by atoms with Crippen molar-refractivity contribution in [2.45, 2.75) is 19.3 Å². The summed E-state index contributed by atoms with van der Waals surface area (Å²) in [5.41, 5.74) is -3.71. The highest BCUT2D eigenvalue weighted by Crippen LogP contribution is 2.38. The first-order chi connectivity index (χ1) is 9.05. The Morgan fingerprint density at radius 1 is 1.15 bits per heavy atom. The van der Waals surface area contributed by atoms with Crippen molar-refractivity contribution >= 4 is 11.8 Å². The van der Waals surface area contributed by atoms with Gasteiger partial charge in [0.05, 0.1) is 23.4 Å². The Bertz CT molecular complexity index is 495. The van der Waals surface area contributed by atoms with Crippen LogP contribution < -0.4 is 5.32 Å². The molecule has 0 aromatic heterocycles. The van der Waals surface area contributed by atoms with E-state index >= 15 is 0 Å². The summed E-state index contributed by atoms with van der Waals surface area (Å²) < 4.78 is 79.6. The van der Waals surface area contributed by atoms with E-state index in [9.17, 15) is 31.1 Å². The summed E-state index contributed by atoms with van der Waals surface area (Å²) in [5.74, 6) is 0. The van der Waals surface area contributed by atoms with Crippen molar-refractivity contribution in [3.05, 3.63) is 29.3 Å². The Kier molecular flexibility index (Phi) is 4.51. The lowest BCUT2D eigenvalue weighted by Gasteiger charge is -2.16. The Labute approximate surface area is 109 Å². The second kappa shape index (κ2) is 5.59. The number of ether oxygens (including phenoxy) is 1. The van der Waals surface area contributed by atoms with Gasteiger partial charge in [0, 0.05) is 0 Å². The number of carbonyl (C=O) groups excluding carboxylic acids is 1. The third kappa shape index (κ3) is 4.04. The zero-order chi connectivity index (χ0) is 15.6. The molecule has 0 bridgehead atoms. The zero-order valence-electron chi connectivity index (χ0n) is 10.0. The molecule has 1 rings (SSSR count). The molecule has 1 aromatic carbocycles. The Hall–Kier alpha value is -1.93. The quantitative estimate of drug-likeness (QED) is 0.827. The molecular formula is C11H9F6NO2. The van der Waals surface area contributed by atoms with Gasteiger partial charge < -0.3 is 4.74 Å². The largest absolute Gasteiger partial charge is 0.450 e. The van der Waals surface area contributed by atoms with Gasteiger partial charge in [-0.3, -0.25) is 5.32 Å². The van der Waals surface area contributed by atoms with Gasteiger partial charge in [0.2, 0.25) is 0 Å². The van der Waals surface area contributed by atoms with E-state index < -0.39 is 35.3 Å². The monoisotopic (exact) mass is 301 g/mol. The Morgan fingerprint density at radius 2 is 1.75 bits per heavy atom. The number of rotatable bonds is 2. The summed E-state index contributed by atoms with van der Waals surface area (Å²) in [6.07, 6.45) is -11.0. The van der Waals surface area contributed by atoms with E-state index in [4.69, 9.17) is 0 Å². The first kappa shape index (κ1) is 16.1. The number of amides is 1. The van der Waals surface area contributed by atoms with Crippen LogP contribution >= 0.6 is 0 Å². The van der Waals surface area contributed by atoms with Crippen LogP contribution in [0.15, 0.2) is 18.2 Å². The lowest BCUT2D eigenvalue weighted by Crippen LogP contribution is -2.18. The molecule has 0 unspecified atom stereocenters. The predicted octanol–water partition coefficient (Wildman–Crippen LogP) is 4.29. The smallest absolute Gasteiger partial charge is 0.418 e.